The Kier molecular flexibility index (Phi) is 3.90. The van der Waals surface area contributed by atoms with Crippen LogP contribution in [0.15, 0.2) is 22.7 Å². The summed E-state index contributed by atoms with van der Waals surface area (Å²) < 4.78 is 1.08. The molecule has 0 bridgehead atoms. The fourth-order valence-electron chi connectivity index (χ4n) is 3.06. The summed E-state index contributed by atoms with van der Waals surface area (Å²) in [7, 11) is 0. The topological polar surface area (TPSA) is 40.5 Å². The van der Waals surface area contributed by atoms with Gasteiger partial charge in [0.15, 0.2) is 0 Å². The number of halogens is 1. The Balaban J connectivity index is 2.29. The summed E-state index contributed by atoms with van der Waals surface area (Å²) >= 11 is 3.48. The molecule has 3 nitrogen and oxygen atoms in total. The van der Waals surface area contributed by atoms with Crippen LogP contribution in [0.25, 0.3) is 0 Å². The average Bonchev–Trinajstić information content (AvgIpc) is 2.55. The molecule has 2 rings (SSSR count). The zero-order valence-electron chi connectivity index (χ0n) is 11.6. The molecule has 1 unspecified atom stereocenters. The molecular weight excluding hydrogens is 306 g/mol. The third kappa shape index (κ3) is 2.78. The summed E-state index contributed by atoms with van der Waals surface area (Å²) in [4.78, 5) is 13.3. The van der Waals surface area contributed by atoms with Gasteiger partial charge in [-0.1, -0.05) is 15.9 Å². The number of aliphatic carboxylic acids is 1. The molecule has 1 N–H and O–H groups in total. The van der Waals surface area contributed by atoms with Gasteiger partial charge in [0.25, 0.3) is 0 Å². The third-order valence-electron chi connectivity index (χ3n) is 4.27. The Morgan fingerprint density at radius 1 is 1.53 bits per heavy atom. The Labute approximate surface area is 122 Å². The van der Waals surface area contributed by atoms with E-state index in [1.807, 2.05) is 6.07 Å². The highest BCUT2D eigenvalue weighted by atomic mass is 79.9. The van der Waals surface area contributed by atoms with Crippen molar-refractivity contribution in [2.75, 3.05) is 11.4 Å². The molecule has 4 heteroatoms. The van der Waals surface area contributed by atoms with E-state index in [9.17, 15) is 4.79 Å². The molecule has 1 aliphatic heterocycles. The predicted octanol–water partition coefficient (Wildman–Crippen LogP) is 3.84. The molecule has 0 saturated carbocycles. The number of anilines is 1. The molecule has 0 aliphatic carbocycles. The van der Waals surface area contributed by atoms with E-state index in [4.69, 9.17) is 5.11 Å². The van der Waals surface area contributed by atoms with Crippen molar-refractivity contribution < 1.29 is 9.90 Å². The number of carboxylic acids is 1. The van der Waals surface area contributed by atoms with Gasteiger partial charge in [-0.3, -0.25) is 4.79 Å². The fraction of sp³-hybridized carbons (Fsp3) is 0.533. The van der Waals surface area contributed by atoms with Crippen LogP contribution in [0.2, 0.25) is 0 Å². The number of hydrogen-bond acceptors (Lipinski definition) is 2. The second-order valence-electron chi connectivity index (χ2n) is 5.82. The van der Waals surface area contributed by atoms with E-state index >= 15 is 0 Å². The lowest BCUT2D eigenvalue weighted by Gasteiger charge is -2.38. The van der Waals surface area contributed by atoms with Crippen molar-refractivity contribution in [2.45, 2.75) is 39.2 Å². The quantitative estimate of drug-likeness (QED) is 0.917. The van der Waals surface area contributed by atoms with Gasteiger partial charge in [0.2, 0.25) is 0 Å². The van der Waals surface area contributed by atoms with Crippen LogP contribution in [-0.4, -0.2) is 23.2 Å². The largest absolute Gasteiger partial charge is 0.481 e. The van der Waals surface area contributed by atoms with E-state index in [2.05, 4.69) is 53.7 Å². The molecule has 104 valence electrons. The van der Waals surface area contributed by atoms with Gasteiger partial charge < -0.3 is 10.0 Å². The van der Waals surface area contributed by atoms with E-state index in [0.717, 1.165) is 17.4 Å². The molecule has 0 aromatic heterocycles. The van der Waals surface area contributed by atoms with E-state index in [1.54, 1.807) is 0 Å². The number of carboxylic acid groups (broad SMARTS) is 1. The van der Waals surface area contributed by atoms with Gasteiger partial charge in [0, 0.05) is 22.2 Å². The Hall–Kier alpha value is -1.03. The van der Waals surface area contributed by atoms with E-state index < -0.39 is 5.97 Å². The maximum Gasteiger partial charge on any atom is 0.303 e. The van der Waals surface area contributed by atoms with Crippen molar-refractivity contribution >= 4 is 27.6 Å². The lowest BCUT2D eigenvalue weighted by molar-refractivity contribution is -0.138. The van der Waals surface area contributed by atoms with Gasteiger partial charge in [-0.05, 0) is 56.9 Å². The van der Waals surface area contributed by atoms with Gasteiger partial charge in [0.1, 0.15) is 0 Å². The molecule has 1 aromatic carbocycles. The number of rotatable bonds is 3. The molecule has 0 spiro atoms. The van der Waals surface area contributed by atoms with Crippen molar-refractivity contribution in [1.29, 1.82) is 0 Å². The van der Waals surface area contributed by atoms with Crippen molar-refractivity contribution in [1.82, 2.24) is 0 Å². The number of hydrogen-bond donors (Lipinski definition) is 1. The fourth-order valence-corrected chi connectivity index (χ4v) is 3.54. The lowest BCUT2D eigenvalue weighted by Crippen LogP contribution is -2.43. The SMILES string of the molecule is Cc1cc(Br)ccc1N1CCC(CC(=O)O)C1(C)C. The molecular formula is C15H20BrNO2. The number of benzene rings is 1. The van der Waals surface area contributed by atoms with Crippen LogP contribution < -0.4 is 4.90 Å². The highest BCUT2D eigenvalue weighted by molar-refractivity contribution is 9.10. The first-order valence-corrected chi connectivity index (χ1v) is 7.37. The zero-order valence-corrected chi connectivity index (χ0v) is 13.2. The molecule has 1 atom stereocenters. The number of nitrogens with zero attached hydrogens (tertiary/aromatic N) is 1. The van der Waals surface area contributed by atoms with E-state index in [-0.39, 0.29) is 17.9 Å². The van der Waals surface area contributed by atoms with E-state index in [0.29, 0.717) is 0 Å². The van der Waals surface area contributed by atoms with Gasteiger partial charge in [-0.2, -0.15) is 0 Å². The summed E-state index contributed by atoms with van der Waals surface area (Å²) in [5.41, 5.74) is 2.32. The first-order chi connectivity index (χ1) is 8.82. The Bertz CT molecular complexity index is 499. The number of aryl methyl sites for hydroxylation is 1. The highest BCUT2D eigenvalue weighted by Gasteiger charge is 2.42. The summed E-state index contributed by atoms with van der Waals surface area (Å²) in [6.45, 7) is 7.32. The molecule has 1 heterocycles. The molecule has 19 heavy (non-hydrogen) atoms. The Morgan fingerprint density at radius 3 is 2.79 bits per heavy atom. The minimum Gasteiger partial charge on any atom is -0.481 e. The number of carbonyl (C=O) groups is 1. The van der Waals surface area contributed by atoms with Crippen LogP contribution in [0.3, 0.4) is 0 Å². The van der Waals surface area contributed by atoms with Crippen LogP contribution >= 0.6 is 15.9 Å². The normalized spacial score (nSPS) is 21.7. The van der Waals surface area contributed by atoms with Gasteiger partial charge in [-0.15, -0.1) is 0 Å². The smallest absolute Gasteiger partial charge is 0.303 e. The molecule has 1 aliphatic rings. The first-order valence-electron chi connectivity index (χ1n) is 6.58. The zero-order chi connectivity index (χ0) is 14.2. The monoisotopic (exact) mass is 325 g/mol. The molecule has 1 aromatic rings. The third-order valence-corrected chi connectivity index (χ3v) is 4.76. The minimum absolute atomic E-state index is 0.114. The summed E-state index contributed by atoms with van der Waals surface area (Å²) in [5.74, 6) is -0.500. The van der Waals surface area contributed by atoms with Crippen molar-refractivity contribution in [3.05, 3.63) is 28.2 Å². The highest BCUT2D eigenvalue weighted by Crippen LogP contribution is 2.41. The maximum absolute atomic E-state index is 11.0. The van der Waals surface area contributed by atoms with Crippen LogP contribution in [0, 0.1) is 12.8 Å². The van der Waals surface area contributed by atoms with Gasteiger partial charge in [-0.25, -0.2) is 0 Å². The van der Waals surface area contributed by atoms with Gasteiger partial charge in [0.05, 0.1) is 6.42 Å². The lowest BCUT2D eigenvalue weighted by atomic mass is 9.85. The second-order valence-corrected chi connectivity index (χ2v) is 6.74. The summed E-state index contributed by atoms with van der Waals surface area (Å²) in [6.07, 6.45) is 1.19. The first kappa shape index (κ1) is 14.4. The van der Waals surface area contributed by atoms with Crippen molar-refractivity contribution in [2.24, 2.45) is 5.92 Å². The second kappa shape index (κ2) is 5.16. The van der Waals surface area contributed by atoms with E-state index in [1.165, 1.54) is 11.3 Å². The molecule has 1 saturated heterocycles. The van der Waals surface area contributed by atoms with Crippen LogP contribution in [0.5, 0.6) is 0 Å². The van der Waals surface area contributed by atoms with Crippen molar-refractivity contribution in [3.8, 4) is 0 Å². The van der Waals surface area contributed by atoms with Crippen molar-refractivity contribution in [3.63, 3.8) is 0 Å². The van der Waals surface area contributed by atoms with Crippen LogP contribution in [0.4, 0.5) is 5.69 Å². The standard InChI is InChI=1S/C15H20BrNO2/c1-10-8-12(16)4-5-13(10)17-7-6-11(9-14(18)19)15(17,2)3/h4-5,8,11H,6-7,9H2,1-3H3,(H,18,19). The Morgan fingerprint density at radius 2 is 2.21 bits per heavy atom. The maximum atomic E-state index is 11.0. The minimum atomic E-state index is -0.701. The predicted molar refractivity (Wildman–Crippen MR) is 80.7 cm³/mol. The van der Waals surface area contributed by atoms with Crippen LogP contribution in [-0.2, 0) is 4.79 Å². The van der Waals surface area contributed by atoms with Crippen LogP contribution in [0.1, 0.15) is 32.3 Å². The molecule has 0 amide bonds. The molecule has 0 radical (unpaired) electrons. The summed E-state index contributed by atoms with van der Waals surface area (Å²) in [6, 6.07) is 6.27. The van der Waals surface area contributed by atoms with Gasteiger partial charge >= 0.3 is 5.97 Å². The summed E-state index contributed by atoms with van der Waals surface area (Å²) in [5, 5.41) is 9.03. The molecule has 1 fully saturated rings. The average molecular weight is 326 g/mol.